The second kappa shape index (κ2) is 5.48. The lowest BCUT2D eigenvalue weighted by atomic mass is 9.85. The minimum absolute atomic E-state index is 0.329. The second-order valence-corrected chi connectivity index (χ2v) is 5.02. The van der Waals surface area contributed by atoms with Crippen LogP contribution in [0.25, 0.3) is 0 Å². The number of carboxylic acid groups (broad SMARTS) is 1. The fraction of sp³-hybridized carbons (Fsp3) is 0.462. The van der Waals surface area contributed by atoms with Gasteiger partial charge in [-0.3, -0.25) is 4.79 Å². The average Bonchev–Trinajstić information content (AvgIpc) is 2.29. The number of hydrogen-bond acceptors (Lipinski definition) is 3. The topological polar surface area (TPSA) is 55.8 Å². The number of benzene rings is 1. The van der Waals surface area contributed by atoms with E-state index >= 15 is 0 Å². The molecule has 0 amide bonds. The van der Waals surface area contributed by atoms with E-state index in [0.717, 1.165) is 5.56 Å². The first-order valence-corrected chi connectivity index (χ1v) is 5.84. The van der Waals surface area contributed by atoms with E-state index < -0.39 is 11.4 Å². The molecule has 0 spiro atoms. The monoisotopic (exact) mass is 272 g/mol. The Morgan fingerprint density at radius 1 is 1.33 bits per heavy atom. The molecule has 0 saturated carbocycles. The highest BCUT2D eigenvalue weighted by Gasteiger charge is 2.29. The first-order valence-electron chi connectivity index (χ1n) is 5.46. The lowest BCUT2D eigenvalue weighted by Crippen LogP contribution is -2.26. The summed E-state index contributed by atoms with van der Waals surface area (Å²) in [6, 6.07) is 3.48. The normalized spacial score (nSPS) is 11.2. The van der Waals surface area contributed by atoms with E-state index in [0.29, 0.717) is 22.9 Å². The summed E-state index contributed by atoms with van der Waals surface area (Å²) >= 11 is 6.13. The third-order valence-electron chi connectivity index (χ3n) is 2.78. The molecule has 0 aliphatic carbocycles. The first kappa shape index (κ1) is 14.6. The molecule has 0 fully saturated rings. The summed E-state index contributed by atoms with van der Waals surface area (Å²) in [5.74, 6) is 0.104. The number of ether oxygens (including phenoxy) is 2. The van der Waals surface area contributed by atoms with E-state index in [1.807, 2.05) is 0 Å². The molecule has 100 valence electrons. The van der Waals surface area contributed by atoms with E-state index in [9.17, 15) is 4.79 Å². The molecule has 4 nitrogen and oxygen atoms in total. The maximum absolute atomic E-state index is 11.1. The van der Waals surface area contributed by atoms with Crippen LogP contribution in [0.15, 0.2) is 12.1 Å². The Balaban J connectivity index is 3.18. The molecule has 1 aromatic carbocycles. The molecule has 18 heavy (non-hydrogen) atoms. The predicted octanol–water partition coefficient (Wildman–Crippen LogP) is 3.01. The van der Waals surface area contributed by atoms with E-state index in [1.54, 1.807) is 26.0 Å². The van der Waals surface area contributed by atoms with Crippen molar-refractivity contribution < 1.29 is 19.4 Å². The van der Waals surface area contributed by atoms with Gasteiger partial charge in [-0.05, 0) is 31.9 Å². The highest BCUT2D eigenvalue weighted by Crippen LogP contribution is 2.39. The van der Waals surface area contributed by atoms with Crippen LogP contribution < -0.4 is 9.47 Å². The van der Waals surface area contributed by atoms with Crippen LogP contribution >= 0.6 is 11.6 Å². The van der Waals surface area contributed by atoms with Gasteiger partial charge in [0.05, 0.1) is 19.6 Å². The number of hydrogen-bond donors (Lipinski definition) is 1. The third-order valence-corrected chi connectivity index (χ3v) is 3.14. The van der Waals surface area contributed by atoms with Crippen LogP contribution in [0.3, 0.4) is 0 Å². The molecule has 0 aromatic heterocycles. The van der Waals surface area contributed by atoms with Crippen LogP contribution in [-0.4, -0.2) is 25.3 Å². The van der Waals surface area contributed by atoms with Gasteiger partial charge in [0.25, 0.3) is 0 Å². The van der Waals surface area contributed by atoms with Crippen molar-refractivity contribution in [3.63, 3.8) is 0 Å². The SMILES string of the molecule is COc1ccc(CC(C)(C)C(=O)O)c(OC)c1Cl. The molecule has 0 bridgehead atoms. The maximum Gasteiger partial charge on any atom is 0.309 e. The van der Waals surface area contributed by atoms with Gasteiger partial charge >= 0.3 is 5.97 Å². The molecule has 0 aliphatic rings. The van der Waals surface area contributed by atoms with E-state index in [-0.39, 0.29) is 0 Å². The van der Waals surface area contributed by atoms with Gasteiger partial charge in [0.15, 0.2) is 0 Å². The van der Waals surface area contributed by atoms with Crippen molar-refractivity contribution in [1.29, 1.82) is 0 Å². The minimum atomic E-state index is -0.884. The van der Waals surface area contributed by atoms with E-state index in [2.05, 4.69) is 0 Å². The van der Waals surface area contributed by atoms with E-state index in [1.165, 1.54) is 14.2 Å². The van der Waals surface area contributed by atoms with Crippen LogP contribution in [0.4, 0.5) is 0 Å². The minimum Gasteiger partial charge on any atom is -0.495 e. The highest BCUT2D eigenvalue weighted by atomic mass is 35.5. The number of halogens is 1. The molecule has 0 atom stereocenters. The largest absolute Gasteiger partial charge is 0.495 e. The fourth-order valence-corrected chi connectivity index (χ4v) is 1.99. The van der Waals surface area contributed by atoms with Gasteiger partial charge in [0.1, 0.15) is 16.5 Å². The number of rotatable bonds is 5. The molecule has 1 aromatic rings. The molecule has 0 unspecified atom stereocenters. The Bertz CT molecular complexity index is 455. The smallest absolute Gasteiger partial charge is 0.309 e. The zero-order chi connectivity index (χ0) is 13.9. The Labute approximate surface area is 111 Å². The molecule has 0 aliphatic heterocycles. The van der Waals surface area contributed by atoms with Gasteiger partial charge in [0.2, 0.25) is 0 Å². The van der Waals surface area contributed by atoms with Crippen LogP contribution in [0.1, 0.15) is 19.4 Å². The number of aliphatic carboxylic acids is 1. The molecule has 0 radical (unpaired) electrons. The number of carbonyl (C=O) groups is 1. The molecular formula is C13H17ClO4. The Kier molecular flexibility index (Phi) is 4.46. The molecule has 0 heterocycles. The summed E-state index contributed by atoms with van der Waals surface area (Å²) in [4.78, 5) is 11.1. The predicted molar refractivity (Wildman–Crippen MR) is 69.7 cm³/mol. The average molecular weight is 273 g/mol. The molecule has 1 N–H and O–H groups in total. The number of methoxy groups -OCH3 is 2. The summed E-state index contributed by atoms with van der Waals surface area (Å²) in [7, 11) is 3.01. The van der Waals surface area contributed by atoms with Crippen molar-refractivity contribution in [2.45, 2.75) is 20.3 Å². The molecular weight excluding hydrogens is 256 g/mol. The van der Waals surface area contributed by atoms with Gasteiger partial charge in [-0.2, -0.15) is 0 Å². The van der Waals surface area contributed by atoms with Crippen LogP contribution in [0.2, 0.25) is 5.02 Å². The number of carboxylic acids is 1. The molecule has 1 rings (SSSR count). The fourth-order valence-electron chi connectivity index (χ4n) is 1.65. The van der Waals surface area contributed by atoms with E-state index in [4.69, 9.17) is 26.2 Å². The Morgan fingerprint density at radius 3 is 2.39 bits per heavy atom. The third kappa shape index (κ3) is 2.88. The van der Waals surface area contributed by atoms with Crippen LogP contribution in [0.5, 0.6) is 11.5 Å². The summed E-state index contributed by atoms with van der Waals surface area (Å²) in [6.07, 6.45) is 0.329. The van der Waals surface area contributed by atoms with Gasteiger partial charge in [0, 0.05) is 0 Å². The quantitative estimate of drug-likeness (QED) is 0.895. The first-order chi connectivity index (χ1) is 8.33. The van der Waals surface area contributed by atoms with Crippen molar-refractivity contribution in [3.05, 3.63) is 22.7 Å². The molecule has 5 heteroatoms. The van der Waals surface area contributed by atoms with Crippen molar-refractivity contribution in [2.24, 2.45) is 5.41 Å². The van der Waals surface area contributed by atoms with Gasteiger partial charge in [-0.1, -0.05) is 17.7 Å². The second-order valence-electron chi connectivity index (χ2n) is 4.64. The summed E-state index contributed by atoms with van der Waals surface area (Å²) in [5.41, 5.74) is -0.138. The van der Waals surface area contributed by atoms with Crippen molar-refractivity contribution in [2.75, 3.05) is 14.2 Å². The van der Waals surface area contributed by atoms with Gasteiger partial charge < -0.3 is 14.6 Å². The lowest BCUT2D eigenvalue weighted by molar-refractivity contribution is -0.146. The van der Waals surface area contributed by atoms with Gasteiger partial charge in [-0.25, -0.2) is 0 Å². The lowest BCUT2D eigenvalue weighted by Gasteiger charge is -2.21. The van der Waals surface area contributed by atoms with Gasteiger partial charge in [-0.15, -0.1) is 0 Å². The maximum atomic E-state index is 11.1. The highest BCUT2D eigenvalue weighted by molar-refractivity contribution is 6.33. The zero-order valence-electron chi connectivity index (χ0n) is 10.9. The summed E-state index contributed by atoms with van der Waals surface area (Å²) in [5, 5.41) is 9.50. The Morgan fingerprint density at radius 2 is 1.94 bits per heavy atom. The summed E-state index contributed by atoms with van der Waals surface area (Å²) in [6.45, 7) is 3.32. The summed E-state index contributed by atoms with van der Waals surface area (Å²) < 4.78 is 10.3. The van der Waals surface area contributed by atoms with Crippen molar-refractivity contribution >= 4 is 17.6 Å². The van der Waals surface area contributed by atoms with Crippen LogP contribution in [0, 0.1) is 5.41 Å². The van der Waals surface area contributed by atoms with Crippen LogP contribution in [-0.2, 0) is 11.2 Å². The molecule has 0 saturated heterocycles. The zero-order valence-corrected chi connectivity index (χ0v) is 11.7. The standard InChI is InChI=1S/C13H17ClO4/c1-13(2,12(15)16)7-8-5-6-9(17-3)10(14)11(8)18-4/h5-6H,7H2,1-4H3,(H,15,16). The van der Waals surface area contributed by atoms with Crippen molar-refractivity contribution in [3.8, 4) is 11.5 Å². The van der Waals surface area contributed by atoms with Crippen molar-refractivity contribution in [1.82, 2.24) is 0 Å². The Hall–Kier alpha value is -1.42.